The topological polar surface area (TPSA) is 38.3 Å². The maximum absolute atomic E-state index is 11.3. The number of ether oxygens (including phenoxy) is 1. The highest BCUT2D eigenvalue weighted by Crippen LogP contribution is 2.04. The van der Waals surface area contributed by atoms with Gasteiger partial charge in [-0.05, 0) is 18.3 Å². The highest BCUT2D eigenvalue weighted by Gasteiger charge is 2.01. The molecule has 96 valence electrons. The van der Waals surface area contributed by atoms with Crippen LogP contribution >= 0.6 is 0 Å². The summed E-state index contributed by atoms with van der Waals surface area (Å²) < 4.78 is 5.24. The molecule has 0 saturated carbocycles. The summed E-state index contributed by atoms with van der Waals surface area (Å²) in [7, 11) is 0. The molecule has 0 bridgehead atoms. The van der Waals surface area contributed by atoms with Crippen LogP contribution in [0.5, 0.6) is 0 Å². The third-order valence-corrected chi connectivity index (χ3v) is 2.21. The highest BCUT2D eigenvalue weighted by molar-refractivity contribution is 5.77. The van der Waals surface area contributed by atoms with E-state index in [4.69, 9.17) is 4.74 Å². The van der Waals surface area contributed by atoms with Crippen LogP contribution in [0.1, 0.15) is 47.0 Å². The fourth-order valence-electron chi connectivity index (χ4n) is 1.34. The molecule has 0 aromatic heterocycles. The first-order valence-corrected chi connectivity index (χ1v) is 6.36. The first-order chi connectivity index (χ1) is 7.52. The van der Waals surface area contributed by atoms with Crippen LogP contribution in [-0.4, -0.2) is 25.7 Å². The summed E-state index contributed by atoms with van der Waals surface area (Å²) in [6.07, 6.45) is 3.48. The monoisotopic (exact) mass is 229 g/mol. The Kier molecular flexibility index (Phi) is 9.30. The van der Waals surface area contributed by atoms with Gasteiger partial charge < -0.3 is 10.1 Å². The Bertz CT molecular complexity index is 179. The van der Waals surface area contributed by atoms with Gasteiger partial charge in [-0.15, -0.1) is 0 Å². The van der Waals surface area contributed by atoms with Gasteiger partial charge in [0.05, 0.1) is 0 Å². The van der Waals surface area contributed by atoms with Crippen LogP contribution in [0.4, 0.5) is 0 Å². The Morgan fingerprint density at radius 2 is 1.81 bits per heavy atom. The van der Waals surface area contributed by atoms with Crippen molar-refractivity contribution in [3.8, 4) is 0 Å². The molecule has 0 fully saturated rings. The van der Waals surface area contributed by atoms with Crippen LogP contribution in [0.3, 0.4) is 0 Å². The number of carbonyl (C=O) groups is 1. The molecule has 0 aromatic rings. The van der Waals surface area contributed by atoms with Gasteiger partial charge in [0.2, 0.25) is 5.91 Å². The molecular weight excluding hydrogens is 202 g/mol. The standard InChI is InChI=1S/C13H27NO2/c1-11(2)7-5-6-8-14-13(15)10-16-9-12(3)4/h11-12H,5-10H2,1-4H3,(H,14,15). The molecule has 1 amide bonds. The fraction of sp³-hybridized carbons (Fsp3) is 0.923. The number of rotatable bonds is 9. The Labute approximate surface area is 99.9 Å². The van der Waals surface area contributed by atoms with Gasteiger partial charge in [0, 0.05) is 13.2 Å². The number of unbranched alkanes of at least 4 members (excludes halogenated alkanes) is 1. The van der Waals surface area contributed by atoms with E-state index in [1.807, 2.05) is 0 Å². The van der Waals surface area contributed by atoms with Crippen molar-refractivity contribution >= 4 is 5.91 Å². The van der Waals surface area contributed by atoms with Gasteiger partial charge in [0.1, 0.15) is 6.61 Å². The molecule has 0 aromatic carbocycles. The Morgan fingerprint density at radius 3 is 2.38 bits per heavy atom. The maximum Gasteiger partial charge on any atom is 0.245 e. The van der Waals surface area contributed by atoms with Crippen molar-refractivity contribution in [2.45, 2.75) is 47.0 Å². The predicted molar refractivity (Wildman–Crippen MR) is 67.4 cm³/mol. The lowest BCUT2D eigenvalue weighted by Gasteiger charge is -2.08. The second kappa shape index (κ2) is 9.64. The van der Waals surface area contributed by atoms with Crippen molar-refractivity contribution < 1.29 is 9.53 Å². The quantitative estimate of drug-likeness (QED) is 0.617. The zero-order valence-electron chi connectivity index (χ0n) is 11.2. The molecule has 3 nitrogen and oxygen atoms in total. The molecule has 0 saturated heterocycles. The number of carbonyl (C=O) groups excluding carboxylic acids is 1. The lowest BCUT2D eigenvalue weighted by atomic mass is 10.1. The van der Waals surface area contributed by atoms with E-state index in [1.165, 1.54) is 12.8 Å². The average molecular weight is 229 g/mol. The molecule has 0 aliphatic heterocycles. The van der Waals surface area contributed by atoms with Crippen LogP contribution in [0.2, 0.25) is 0 Å². The van der Waals surface area contributed by atoms with Gasteiger partial charge in [-0.2, -0.15) is 0 Å². The van der Waals surface area contributed by atoms with E-state index < -0.39 is 0 Å². The molecule has 16 heavy (non-hydrogen) atoms. The zero-order chi connectivity index (χ0) is 12.4. The smallest absolute Gasteiger partial charge is 0.245 e. The van der Waals surface area contributed by atoms with E-state index in [0.29, 0.717) is 12.5 Å². The minimum Gasteiger partial charge on any atom is -0.371 e. The number of nitrogens with one attached hydrogen (secondary N) is 1. The predicted octanol–water partition coefficient (Wildman–Crippen LogP) is 2.60. The third-order valence-electron chi connectivity index (χ3n) is 2.21. The van der Waals surface area contributed by atoms with Gasteiger partial charge >= 0.3 is 0 Å². The Balaban J connectivity index is 3.24. The van der Waals surface area contributed by atoms with Gasteiger partial charge in [0.25, 0.3) is 0 Å². The minimum atomic E-state index is 0.00481. The van der Waals surface area contributed by atoms with E-state index >= 15 is 0 Å². The summed E-state index contributed by atoms with van der Waals surface area (Å²) >= 11 is 0. The van der Waals surface area contributed by atoms with Gasteiger partial charge in [0.15, 0.2) is 0 Å². The second-order valence-electron chi connectivity index (χ2n) is 5.15. The van der Waals surface area contributed by atoms with Crippen LogP contribution < -0.4 is 5.32 Å². The van der Waals surface area contributed by atoms with Crippen molar-refractivity contribution in [3.63, 3.8) is 0 Å². The normalized spacial score (nSPS) is 11.1. The molecule has 0 heterocycles. The number of amides is 1. The van der Waals surface area contributed by atoms with Crippen LogP contribution in [0.15, 0.2) is 0 Å². The maximum atomic E-state index is 11.3. The number of hydrogen-bond acceptors (Lipinski definition) is 2. The van der Waals surface area contributed by atoms with Gasteiger partial charge in [-0.25, -0.2) is 0 Å². The molecule has 0 aliphatic carbocycles. The molecule has 0 unspecified atom stereocenters. The molecule has 0 aliphatic rings. The van der Waals surface area contributed by atoms with Gasteiger partial charge in [-0.3, -0.25) is 4.79 Å². The average Bonchev–Trinajstić information content (AvgIpc) is 2.16. The number of hydrogen-bond donors (Lipinski definition) is 1. The van der Waals surface area contributed by atoms with E-state index in [9.17, 15) is 4.79 Å². The summed E-state index contributed by atoms with van der Waals surface area (Å²) in [6.45, 7) is 10.2. The van der Waals surface area contributed by atoms with E-state index in [2.05, 4.69) is 33.0 Å². The zero-order valence-corrected chi connectivity index (χ0v) is 11.2. The second-order valence-corrected chi connectivity index (χ2v) is 5.15. The first-order valence-electron chi connectivity index (χ1n) is 6.36. The highest BCUT2D eigenvalue weighted by atomic mass is 16.5. The van der Waals surface area contributed by atoms with E-state index in [1.54, 1.807) is 0 Å². The molecule has 0 radical (unpaired) electrons. The third kappa shape index (κ3) is 11.5. The molecular formula is C13H27NO2. The van der Waals surface area contributed by atoms with Crippen molar-refractivity contribution in [1.29, 1.82) is 0 Å². The van der Waals surface area contributed by atoms with Crippen molar-refractivity contribution in [1.82, 2.24) is 5.32 Å². The Hall–Kier alpha value is -0.570. The summed E-state index contributed by atoms with van der Waals surface area (Å²) in [6, 6.07) is 0. The lowest BCUT2D eigenvalue weighted by molar-refractivity contribution is -0.126. The summed E-state index contributed by atoms with van der Waals surface area (Å²) in [5.41, 5.74) is 0. The molecule has 0 atom stereocenters. The van der Waals surface area contributed by atoms with Crippen LogP contribution in [-0.2, 0) is 9.53 Å². The van der Waals surface area contributed by atoms with Crippen LogP contribution in [0, 0.1) is 11.8 Å². The van der Waals surface area contributed by atoms with Gasteiger partial charge in [-0.1, -0.05) is 40.5 Å². The van der Waals surface area contributed by atoms with Crippen molar-refractivity contribution in [2.75, 3.05) is 19.8 Å². The minimum absolute atomic E-state index is 0.00481. The SMILES string of the molecule is CC(C)CCCCNC(=O)COCC(C)C. The molecule has 3 heteroatoms. The van der Waals surface area contributed by atoms with Crippen molar-refractivity contribution in [2.24, 2.45) is 11.8 Å². The van der Waals surface area contributed by atoms with Crippen LogP contribution in [0.25, 0.3) is 0 Å². The summed E-state index contributed by atoms with van der Waals surface area (Å²) in [5.74, 6) is 1.24. The van der Waals surface area contributed by atoms with E-state index in [0.717, 1.165) is 18.9 Å². The summed E-state index contributed by atoms with van der Waals surface area (Å²) in [5, 5.41) is 2.87. The molecule has 0 spiro atoms. The Morgan fingerprint density at radius 1 is 1.12 bits per heavy atom. The van der Waals surface area contributed by atoms with Crippen molar-refractivity contribution in [3.05, 3.63) is 0 Å². The molecule has 0 rings (SSSR count). The largest absolute Gasteiger partial charge is 0.371 e. The first kappa shape index (κ1) is 15.4. The fourth-order valence-corrected chi connectivity index (χ4v) is 1.34. The molecule has 1 N–H and O–H groups in total. The van der Waals surface area contributed by atoms with E-state index in [-0.39, 0.29) is 12.5 Å². The lowest BCUT2D eigenvalue weighted by Crippen LogP contribution is -2.29. The summed E-state index contributed by atoms with van der Waals surface area (Å²) in [4.78, 5) is 11.3.